The van der Waals surface area contributed by atoms with Gasteiger partial charge in [0.15, 0.2) is 0 Å². The first-order chi connectivity index (χ1) is 19.3. The van der Waals surface area contributed by atoms with Crippen molar-refractivity contribution >= 4 is 71.8 Å². The summed E-state index contributed by atoms with van der Waals surface area (Å²) in [5.41, 5.74) is 1.66. The van der Waals surface area contributed by atoms with Crippen LogP contribution >= 0.6 is 27.3 Å². The SMILES string of the molecule is CCCCC(CC)CN1C(=O)c2ccc3c4c(c5sc(Br)cc5c(c24)C1=O)C(=O)N(CC(CC)CCCC)C3=O. The van der Waals surface area contributed by atoms with E-state index in [4.69, 9.17) is 0 Å². The molecule has 5 rings (SSSR count). The predicted molar refractivity (Wildman–Crippen MR) is 164 cm³/mol. The summed E-state index contributed by atoms with van der Waals surface area (Å²) in [6, 6.07) is 5.26. The summed E-state index contributed by atoms with van der Waals surface area (Å²) in [6.45, 7) is 9.22. The predicted octanol–water partition coefficient (Wildman–Crippen LogP) is 8.44. The van der Waals surface area contributed by atoms with Gasteiger partial charge in [0.1, 0.15) is 0 Å². The zero-order valence-corrected chi connectivity index (χ0v) is 26.2. The third-order valence-corrected chi connectivity index (χ3v) is 10.4. The Morgan fingerprint density at radius 1 is 0.725 bits per heavy atom. The first kappa shape index (κ1) is 28.9. The molecule has 4 amide bonds. The minimum absolute atomic E-state index is 0.225. The Balaban J connectivity index is 1.68. The van der Waals surface area contributed by atoms with Crippen molar-refractivity contribution in [1.29, 1.82) is 0 Å². The largest absolute Gasteiger partial charge is 0.274 e. The molecule has 0 aliphatic carbocycles. The van der Waals surface area contributed by atoms with Crippen molar-refractivity contribution in [2.45, 2.75) is 79.1 Å². The van der Waals surface area contributed by atoms with E-state index in [1.807, 2.05) is 6.07 Å². The van der Waals surface area contributed by atoms with Crippen LogP contribution in [0.1, 0.15) is 120 Å². The maximum absolute atomic E-state index is 14.1. The number of nitrogens with zero attached hydrogens (tertiary/aromatic N) is 2. The number of amides is 4. The summed E-state index contributed by atoms with van der Waals surface area (Å²) >= 11 is 4.99. The molecule has 2 aromatic carbocycles. The first-order valence-electron chi connectivity index (χ1n) is 14.7. The number of carbonyl (C=O) groups is 4. The van der Waals surface area contributed by atoms with Crippen LogP contribution in [0.2, 0.25) is 0 Å². The summed E-state index contributed by atoms with van der Waals surface area (Å²) in [5, 5.41) is 1.58. The molecule has 2 aliphatic rings. The van der Waals surface area contributed by atoms with E-state index in [0.717, 1.165) is 55.2 Å². The van der Waals surface area contributed by atoms with Gasteiger partial charge in [-0.1, -0.05) is 66.2 Å². The molecule has 0 bridgehead atoms. The molecule has 212 valence electrons. The van der Waals surface area contributed by atoms with Crippen LogP contribution in [0.3, 0.4) is 0 Å². The van der Waals surface area contributed by atoms with Crippen molar-refractivity contribution < 1.29 is 19.2 Å². The Bertz CT molecular complexity index is 1420. The molecule has 40 heavy (non-hydrogen) atoms. The minimum atomic E-state index is -0.341. The quantitative estimate of drug-likeness (QED) is 0.189. The fourth-order valence-corrected chi connectivity index (χ4v) is 7.96. The molecular formula is C32H37BrN2O4S. The minimum Gasteiger partial charge on any atom is -0.274 e. The lowest BCUT2D eigenvalue weighted by Crippen LogP contribution is -2.45. The van der Waals surface area contributed by atoms with E-state index in [-0.39, 0.29) is 35.5 Å². The molecule has 2 unspecified atom stereocenters. The van der Waals surface area contributed by atoms with Gasteiger partial charge in [0.05, 0.1) is 14.9 Å². The van der Waals surface area contributed by atoms with Crippen molar-refractivity contribution in [2.75, 3.05) is 13.1 Å². The van der Waals surface area contributed by atoms with Gasteiger partial charge in [-0.05, 0) is 58.8 Å². The third-order valence-electron chi connectivity index (χ3n) is 8.74. The van der Waals surface area contributed by atoms with E-state index in [1.54, 1.807) is 12.1 Å². The molecular weight excluding hydrogens is 588 g/mol. The van der Waals surface area contributed by atoms with Crippen LogP contribution in [0.5, 0.6) is 0 Å². The lowest BCUT2D eigenvalue weighted by Gasteiger charge is -2.34. The Kier molecular flexibility index (Phi) is 8.48. The molecule has 6 nitrogen and oxygen atoms in total. The van der Waals surface area contributed by atoms with E-state index in [9.17, 15) is 19.2 Å². The monoisotopic (exact) mass is 624 g/mol. The van der Waals surface area contributed by atoms with E-state index in [0.29, 0.717) is 56.2 Å². The maximum Gasteiger partial charge on any atom is 0.262 e. The van der Waals surface area contributed by atoms with Gasteiger partial charge in [0, 0.05) is 45.1 Å². The molecule has 2 aliphatic heterocycles. The number of carbonyl (C=O) groups excluding carboxylic acids is 4. The average molecular weight is 626 g/mol. The van der Waals surface area contributed by atoms with Crippen molar-refractivity contribution in [3.05, 3.63) is 44.2 Å². The van der Waals surface area contributed by atoms with Crippen molar-refractivity contribution in [3.8, 4) is 0 Å². The van der Waals surface area contributed by atoms with Gasteiger partial charge < -0.3 is 0 Å². The number of imide groups is 2. The maximum atomic E-state index is 14.1. The number of halogens is 1. The highest BCUT2D eigenvalue weighted by molar-refractivity contribution is 9.11. The Labute approximate surface area is 248 Å². The smallest absolute Gasteiger partial charge is 0.262 e. The number of benzene rings is 2. The van der Waals surface area contributed by atoms with Crippen LogP contribution in [-0.4, -0.2) is 46.5 Å². The Morgan fingerprint density at radius 2 is 1.20 bits per heavy atom. The number of hydrogen-bond acceptors (Lipinski definition) is 5. The van der Waals surface area contributed by atoms with Crippen LogP contribution in [0, 0.1) is 11.8 Å². The van der Waals surface area contributed by atoms with E-state index < -0.39 is 0 Å². The molecule has 0 saturated heterocycles. The normalized spacial score (nSPS) is 16.5. The zero-order chi connectivity index (χ0) is 28.7. The number of unbranched alkanes of at least 4 members (excludes halogenated alkanes) is 2. The van der Waals surface area contributed by atoms with Crippen LogP contribution in [-0.2, 0) is 0 Å². The van der Waals surface area contributed by atoms with Crippen LogP contribution in [0.15, 0.2) is 22.0 Å². The highest BCUT2D eigenvalue weighted by Gasteiger charge is 2.42. The van der Waals surface area contributed by atoms with E-state index in [2.05, 4.69) is 43.6 Å². The number of thiophene rings is 1. The summed E-state index contributed by atoms with van der Waals surface area (Å²) in [5.74, 6) is -0.894. The summed E-state index contributed by atoms with van der Waals surface area (Å²) in [4.78, 5) is 58.7. The molecule has 3 aromatic rings. The lowest BCUT2D eigenvalue weighted by atomic mass is 9.83. The number of rotatable bonds is 12. The molecule has 0 spiro atoms. The van der Waals surface area contributed by atoms with Gasteiger partial charge in [-0.3, -0.25) is 29.0 Å². The molecule has 1 aromatic heterocycles. The van der Waals surface area contributed by atoms with Crippen molar-refractivity contribution in [1.82, 2.24) is 9.80 Å². The Hall–Kier alpha value is -2.58. The standard InChI is InChI=1S/C32H37BrN2O4S/c1-5-9-11-18(7-3)16-34-29(36)20-13-14-21-25-24(20)26(31(34)38)22-15-23(33)40-28(22)27(25)32(39)35(30(21)37)17-19(8-4)12-10-6-2/h13-15,18-19H,5-12,16-17H2,1-4H3. The number of fused-ring (bicyclic) bond motifs is 3. The number of hydrogen-bond donors (Lipinski definition) is 0. The molecule has 8 heteroatoms. The van der Waals surface area contributed by atoms with Gasteiger partial charge >= 0.3 is 0 Å². The van der Waals surface area contributed by atoms with Gasteiger partial charge in [-0.25, -0.2) is 0 Å². The lowest BCUT2D eigenvalue weighted by molar-refractivity contribution is 0.0561. The van der Waals surface area contributed by atoms with Gasteiger partial charge in [-0.15, -0.1) is 11.3 Å². The van der Waals surface area contributed by atoms with Gasteiger partial charge in [-0.2, -0.15) is 0 Å². The zero-order valence-electron chi connectivity index (χ0n) is 23.8. The van der Waals surface area contributed by atoms with Crippen LogP contribution in [0.25, 0.3) is 20.9 Å². The highest BCUT2D eigenvalue weighted by atomic mass is 79.9. The fourth-order valence-electron chi connectivity index (χ4n) is 6.31. The molecule has 0 N–H and O–H groups in total. The van der Waals surface area contributed by atoms with Gasteiger partial charge in [0.2, 0.25) is 0 Å². The second-order valence-electron chi connectivity index (χ2n) is 11.2. The molecule has 2 atom stereocenters. The second kappa shape index (κ2) is 11.7. The topological polar surface area (TPSA) is 74.8 Å². The fraction of sp³-hybridized carbons (Fsp3) is 0.500. The molecule has 3 heterocycles. The van der Waals surface area contributed by atoms with Gasteiger partial charge in [0.25, 0.3) is 23.6 Å². The van der Waals surface area contributed by atoms with E-state index in [1.165, 1.54) is 21.1 Å². The van der Waals surface area contributed by atoms with E-state index >= 15 is 0 Å². The molecule has 0 fully saturated rings. The van der Waals surface area contributed by atoms with Crippen LogP contribution < -0.4 is 0 Å². The summed E-state index contributed by atoms with van der Waals surface area (Å²) in [7, 11) is 0. The average Bonchev–Trinajstić information content (AvgIpc) is 3.34. The summed E-state index contributed by atoms with van der Waals surface area (Å²) < 4.78 is 1.49. The third kappa shape index (κ3) is 4.71. The highest BCUT2D eigenvalue weighted by Crippen LogP contribution is 2.46. The first-order valence-corrected chi connectivity index (χ1v) is 16.3. The van der Waals surface area contributed by atoms with Crippen molar-refractivity contribution in [3.63, 3.8) is 0 Å². The molecule has 0 saturated carbocycles. The summed E-state index contributed by atoms with van der Waals surface area (Å²) in [6.07, 6.45) is 7.90. The van der Waals surface area contributed by atoms with Crippen molar-refractivity contribution in [2.24, 2.45) is 11.8 Å². The second-order valence-corrected chi connectivity index (χ2v) is 13.7. The van der Waals surface area contributed by atoms with Crippen LogP contribution in [0.4, 0.5) is 0 Å². The Morgan fingerprint density at radius 3 is 1.68 bits per heavy atom. The molecule has 0 radical (unpaired) electrons.